The molecule has 0 amide bonds. The standard InChI is InChI=1S/C24H28ClF2NO3S.C23H26ClF2NO.C21H21ClF2O2.C21H19ClF2O2/c1-3-28(32(2,29)30)14-17-5-4-12-24(13-16-6-8-18(25)9-7-16)19(17)15-31-23-21(27)11-10-20(26)22(23)24;1-2-27-13-16-4-3-11-23(12-15-5-7-17(24)8-6-15)18(16)14-28-22-20(26)10-9-19(25)21(22)23;2*22-15-5-3-13(4-6-15)10-21-9-1-2-14(11-25)16(21)12-26-20-18(24)8-7-17(23)19(20)21/h6-11,17,19H,3-5,12-15H2,1-2H3;5-10,16,18,27H,2-4,11-14H2,1H3;3-8,14,16,25H,1-2,9-12H2;3-8,11,14,16H,1-2,9-10,12H2/t17-,19?,24-;16-,18?,23-;2*14-,16?,21-/m0000/s1. The van der Waals surface area contributed by atoms with E-state index in [-0.39, 0.29) is 101 Å². The van der Waals surface area contributed by atoms with Crippen molar-refractivity contribution in [3.8, 4) is 23.0 Å². The number of carbonyl (C=O) groups is 1. The number of ether oxygens (including phenoxy) is 4. The van der Waals surface area contributed by atoms with Crippen molar-refractivity contribution in [2.75, 3.05) is 65.5 Å². The second-order valence-corrected chi connectivity index (χ2v) is 35.5. The summed E-state index contributed by atoms with van der Waals surface area (Å²) in [6, 6.07) is 39.3. The molecule has 4 aliphatic carbocycles. The van der Waals surface area contributed by atoms with Crippen LogP contribution in [-0.2, 0) is 62.2 Å². The monoisotopic (exact) mass is 1640 g/mol. The molecule has 8 aliphatic rings. The Bertz CT molecular complexity index is 4770. The number of sulfonamides is 1. The number of aliphatic hydroxyl groups excluding tert-OH is 1. The van der Waals surface area contributed by atoms with Gasteiger partial charge in [-0.05, 0) is 227 Å². The minimum atomic E-state index is -3.37. The smallest absolute Gasteiger partial charge is 0.211 e. The molecule has 4 saturated carbocycles. The van der Waals surface area contributed by atoms with Gasteiger partial charge < -0.3 is 34.2 Å². The number of nitrogens with one attached hydrogen (secondary N) is 1. The number of rotatable bonds is 17. The first kappa shape index (κ1) is 83.0. The van der Waals surface area contributed by atoms with E-state index in [0.717, 1.165) is 130 Å². The number of halogens is 12. The van der Waals surface area contributed by atoms with E-state index in [2.05, 4.69) is 12.2 Å². The fourth-order valence-corrected chi connectivity index (χ4v) is 22.1. The van der Waals surface area contributed by atoms with Crippen molar-refractivity contribution in [1.82, 2.24) is 9.62 Å². The zero-order valence-electron chi connectivity index (χ0n) is 62.9. The van der Waals surface area contributed by atoms with Crippen molar-refractivity contribution in [2.45, 2.75) is 138 Å². The van der Waals surface area contributed by atoms with Gasteiger partial charge >= 0.3 is 0 Å². The first-order valence-corrected chi connectivity index (χ1v) is 42.3. The molecule has 4 aliphatic heterocycles. The summed E-state index contributed by atoms with van der Waals surface area (Å²) >= 11 is 24.1. The predicted molar refractivity (Wildman–Crippen MR) is 422 cm³/mol. The van der Waals surface area contributed by atoms with Crippen LogP contribution in [-0.4, -0.2) is 89.6 Å². The van der Waals surface area contributed by atoms with Crippen LogP contribution >= 0.6 is 46.4 Å². The maximum atomic E-state index is 15.3. The molecule has 23 heteroatoms. The molecule has 0 radical (unpaired) electrons. The maximum Gasteiger partial charge on any atom is 0.211 e. The van der Waals surface area contributed by atoms with Crippen LogP contribution in [0.3, 0.4) is 0 Å². The zero-order valence-corrected chi connectivity index (χ0v) is 66.8. The number of hydrogen-bond acceptors (Lipinski definition) is 9. The third-order valence-corrected chi connectivity index (χ3v) is 28.1. The van der Waals surface area contributed by atoms with E-state index >= 15 is 8.78 Å². The third kappa shape index (κ3) is 16.8. The number of aliphatic hydroxyl groups is 1. The Balaban J connectivity index is 0.000000131. The summed E-state index contributed by atoms with van der Waals surface area (Å²) in [5.41, 5.74) is 3.03. The second-order valence-electron chi connectivity index (χ2n) is 31.8. The van der Waals surface area contributed by atoms with Crippen LogP contribution in [0.25, 0.3) is 0 Å². The molecule has 4 unspecified atom stereocenters. The van der Waals surface area contributed by atoms with E-state index in [0.29, 0.717) is 102 Å². The highest BCUT2D eigenvalue weighted by atomic mass is 35.5. The highest BCUT2D eigenvalue weighted by Gasteiger charge is 2.57. The molecule has 8 aromatic carbocycles. The van der Waals surface area contributed by atoms with Crippen molar-refractivity contribution in [3.63, 3.8) is 0 Å². The molecule has 2 N–H and O–H groups in total. The largest absolute Gasteiger partial charge is 0.490 e. The topological polar surface area (TPSA) is 124 Å². The Morgan fingerprint density at radius 1 is 0.429 bits per heavy atom. The summed E-state index contributed by atoms with van der Waals surface area (Å²) in [7, 11) is -3.37. The normalized spacial score (nSPS) is 26.4. The molecule has 10 nitrogen and oxygen atoms in total. The minimum Gasteiger partial charge on any atom is -0.490 e. The van der Waals surface area contributed by atoms with Gasteiger partial charge in [-0.3, -0.25) is 0 Å². The van der Waals surface area contributed by atoms with Crippen LogP contribution in [0.4, 0.5) is 35.1 Å². The first-order valence-electron chi connectivity index (χ1n) is 39.0. The lowest BCUT2D eigenvalue weighted by Gasteiger charge is -2.52. The number of benzene rings is 8. The van der Waals surface area contributed by atoms with Gasteiger partial charge in [0.2, 0.25) is 10.0 Å². The molecule has 598 valence electrons. The Labute approximate surface area is 671 Å². The van der Waals surface area contributed by atoms with Crippen LogP contribution in [0.1, 0.15) is 135 Å². The van der Waals surface area contributed by atoms with E-state index < -0.39 is 72.4 Å². The Hall–Kier alpha value is -6.94. The summed E-state index contributed by atoms with van der Waals surface area (Å²) in [6.07, 6.45) is 14.4. The molecule has 0 aromatic heterocycles. The van der Waals surface area contributed by atoms with Gasteiger partial charge in [0.05, 0.1) is 32.7 Å². The lowest BCUT2D eigenvalue weighted by molar-refractivity contribution is -0.116. The molecular weight excluding hydrogens is 1550 g/mol. The molecule has 16 rings (SSSR count). The summed E-state index contributed by atoms with van der Waals surface area (Å²) in [4.78, 5) is 11.7. The molecule has 4 heterocycles. The molecule has 0 bridgehead atoms. The van der Waals surface area contributed by atoms with Crippen molar-refractivity contribution >= 4 is 62.7 Å². The van der Waals surface area contributed by atoms with Crippen LogP contribution in [0.5, 0.6) is 23.0 Å². The van der Waals surface area contributed by atoms with E-state index in [1.54, 1.807) is 24.3 Å². The SMILES string of the molecule is CCN(C[C@@H]1CCC[C@@]2(Cc3ccc(Cl)cc3)c3c(F)ccc(F)c3OCC12)S(C)(=O)=O.CCNC[C@@H]1CCC[C@@]2(Cc3ccc(Cl)cc3)c3c(F)ccc(F)c3OCC12.O=C[C@@H]1CCC[C@@]2(Cc3ccc(Cl)cc3)c3c(F)ccc(F)c3OCC12.OC[C@@H]1CCC[C@@]2(Cc3ccc(Cl)cc3)c3c(F)ccc(F)c3OCC12. The lowest BCUT2D eigenvalue weighted by Crippen LogP contribution is -2.53. The van der Waals surface area contributed by atoms with E-state index in [4.69, 9.17) is 65.4 Å². The van der Waals surface area contributed by atoms with Gasteiger partial charge in [0.25, 0.3) is 0 Å². The molecule has 12 atom stereocenters. The van der Waals surface area contributed by atoms with E-state index in [1.165, 1.54) is 34.8 Å². The molecule has 0 saturated heterocycles. The van der Waals surface area contributed by atoms with Gasteiger partial charge in [0.15, 0.2) is 46.3 Å². The van der Waals surface area contributed by atoms with Gasteiger partial charge in [0, 0.05) is 113 Å². The van der Waals surface area contributed by atoms with Crippen molar-refractivity contribution in [2.24, 2.45) is 47.3 Å². The predicted octanol–water partition coefficient (Wildman–Crippen LogP) is 20.7. The molecular formula is C89H94Cl4F8N2O8S. The third-order valence-electron chi connectivity index (χ3n) is 25.7. The van der Waals surface area contributed by atoms with Gasteiger partial charge in [0.1, 0.15) is 29.6 Å². The number of aldehydes is 1. The highest BCUT2D eigenvalue weighted by molar-refractivity contribution is 7.88. The summed E-state index contributed by atoms with van der Waals surface area (Å²) in [5, 5.41) is 15.9. The van der Waals surface area contributed by atoms with Gasteiger partial charge in [-0.25, -0.2) is 47.8 Å². The van der Waals surface area contributed by atoms with E-state index in [9.17, 15) is 44.7 Å². The van der Waals surface area contributed by atoms with Crippen LogP contribution in [0.15, 0.2) is 146 Å². The molecule has 112 heavy (non-hydrogen) atoms. The average molecular weight is 1650 g/mol. The van der Waals surface area contributed by atoms with Crippen molar-refractivity contribution in [3.05, 3.63) is 257 Å². The highest BCUT2D eigenvalue weighted by Crippen LogP contribution is 2.60. The number of fused-ring (bicyclic) bond motifs is 12. The van der Waals surface area contributed by atoms with Crippen LogP contribution in [0, 0.1) is 93.9 Å². The maximum absolute atomic E-state index is 15.3. The van der Waals surface area contributed by atoms with Gasteiger partial charge in [-0.1, -0.05) is 134 Å². The quantitative estimate of drug-likeness (QED) is 0.0677. The number of carbonyl (C=O) groups excluding carboxylic acids is 1. The van der Waals surface area contributed by atoms with Gasteiger partial charge in [-0.2, -0.15) is 0 Å². The van der Waals surface area contributed by atoms with Crippen LogP contribution < -0.4 is 24.3 Å². The first-order chi connectivity index (χ1) is 53.8. The molecule has 8 aromatic rings. The minimum absolute atomic E-state index is 0.00163. The fraction of sp³-hybridized carbons (Fsp3) is 0.449. The van der Waals surface area contributed by atoms with Crippen molar-refractivity contribution in [1.29, 1.82) is 0 Å². The Morgan fingerprint density at radius 2 is 0.714 bits per heavy atom. The summed E-state index contributed by atoms with van der Waals surface area (Å²) < 4.78 is 167. The number of hydrogen-bond donors (Lipinski definition) is 2. The van der Waals surface area contributed by atoms with Crippen molar-refractivity contribution < 1.29 is 72.4 Å². The summed E-state index contributed by atoms with van der Waals surface area (Å²) in [6.45, 7) is 7.60. The molecule has 4 fully saturated rings. The average Bonchev–Trinajstić information content (AvgIpc) is 0.746. The fourth-order valence-electron chi connectivity index (χ4n) is 20.7. The van der Waals surface area contributed by atoms with E-state index in [1.807, 2.05) is 79.7 Å². The Morgan fingerprint density at radius 3 is 1.03 bits per heavy atom. The molecule has 0 spiro atoms. The Kier molecular flexibility index (Phi) is 26.1. The van der Waals surface area contributed by atoms with Gasteiger partial charge in [-0.15, -0.1) is 0 Å². The second kappa shape index (κ2) is 35.3. The zero-order chi connectivity index (χ0) is 79.4. The number of nitrogens with zero attached hydrogens (tertiary/aromatic N) is 1. The summed E-state index contributed by atoms with van der Waals surface area (Å²) in [5.74, 6) is -3.80. The van der Waals surface area contributed by atoms with Crippen LogP contribution in [0.2, 0.25) is 20.1 Å². The lowest BCUT2D eigenvalue weighted by atomic mass is 9.55.